The molecule has 0 aromatic heterocycles. The lowest BCUT2D eigenvalue weighted by atomic mass is 10.0. The van der Waals surface area contributed by atoms with Crippen molar-refractivity contribution < 1.29 is 42.9 Å². The molecular formula is C90H166NO8+. The van der Waals surface area contributed by atoms with Crippen LogP contribution in [0.5, 0.6) is 0 Å². The number of aliphatic carboxylic acids is 1. The normalized spacial score (nSPS) is 12.9. The number of unbranched alkanes of at least 4 members (excludes halogenated alkanes) is 54. The largest absolute Gasteiger partial charge is 0.477 e. The van der Waals surface area contributed by atoms with Gasteiger partial charge in [0.15, 0.2) is 6.10 Å². The summed E-state index contributed by atoms with van der Waals surface area (Å²) in [5.74, 6) is -1.97. The molecule has 0 aliphatic heterocycles. The van der Waals surface area contributed by atoms with Gasteiger partial charge in [-0.15, -0.1) is 0 Å². The number of quaternary nitrogens is 1. The lowest BCUT2D eigenvalue weighted by Crippen LogP contribution is -2.40. The zero-order chi connectivity index (χ0) is 71.8. The van der Waals surface area contributed by atoms with Gasteiger partial charge in [-0.25, -0.2) is 4.79 Å². The van der Waals surface area contributed by atoms with E-state index in [4.69, 9.17) is 18.9 Å². The zero-order valence-electron chi connectivity index (χ0n) is 66.4. The molecule has 9 nitrogen and oxygen atoms in total. The van der Waals surface area contributed by atoms with Crippen molar-refractivity contribution in [2.75, 3.05) is 47.5 Å². The maximum absolute atomic E-state index is 13.0. The van der Waals surface area contributed by atoms with E-state index in [9.17, 15) is 19.5 Å². The number of carboxylic acid groups (broad SMARTS) is 1. The van der Waals surface area contributed by atoms with Crippen molar-refractivity contribution in [2.45, 2.75) is 437 Å². The van der Waals surface area contributed by atoms with E-state index in [1.165, 1.54) is 327 Å². The molecule has 0 fully saturated rings. The average Bonchev–Trinajstić information content (AvgIpc) is 2.19. The third-order valence-electron chi connectivity index (χ3n) is 19.4. The molecule has 1 N–H and O–H groups in total. The summed E-state index contributed by atoms with van der Waals surface area (Å²) in [7, 11) is 6.00. The molecule has 0 spiro atoms. The number of carboxylic acids is 1. The van der Waals surface area contributed by atoms with Crippen LogP contribution in [0.3, 0.4) is 0 Å². The average molecular weight is 1390 g/mol. The molecule has 0 bridgehead atoms. The summed E-state index contributed by atoms with van der Waals surface area (Å²) in [5.41, 5.74) is 0. The molecule has 99 heavy (non-hydrogen) atoms. The maximum atomic E-state index is 13.0. The molecule has 0 aromatic rings. The Kier molecular flexibility index (Phi) is 77.8. The number of hydrogen-bond acceptors (Lipinski definition) is 7. The van der Waals surface area contributed by atoms with Gasteiger partial charge in [-0.05, 0) is 83.5 Å². The molecule has 0 radical (unpaired) electrons. The number of likely N-dealkylation sites (N-methyl/N-ethyl adjacent to an activating group) is 1. The van der Waals surface area contributed by atoms with Gasteiger partial charge in [0.05, 0.1) is 34.4 Å². The minimum atomic E-state index is -1.51. The highest BCUT2D eigenvalue weighted by Crippen LogP contribution is 2.20. The second-order valence-electron chi connectivity index (χ2n) is 30.5. The summed E-state index contributed by atoms with van der Waals surface area (Å²) < 4.78 is 23.1. The molecular weight excluding hydrogens is 1220 g/mol. The van der Waals surface area contributed by atoms with Gasteiger partial charge in [0.2, 0.25) is 0 Å². The predicted octanol–water partition coefficient (Wildman–Crippen LogP) is 27.9. The Hall–Kier alpha value is -3.27. The van der Waals surface area contributed by atoms with E-state index in [0.717, 1.165) is 70.6 Å². The third kappa shape index (κ3) is 81.9. The van der Waals surface area contributed by atoms with Gasteiger partial charge < -0.3 is 28.5 Å². The van der Waals surface area contributed by atoms with Crippen LogP contribution in [-0.4, -0.2) is 87.4 Å². The van der Waals surface area contributed by atoms with Crippen molar-refractivity contribution in [1.82, 2.24) is 0 Å². The highest BCUT2D eigenvalue weighted by molar-refractivity contribution is 5.71. The van der Waals surface area contributed by atoms with Gasteiger partial charge in [0.25, 0.3) is 6.29 Å². The molecule has 0 aliphatic carbocycles. The van der Waals surface area contributed by atoms with Gasteiger partial charge in [-0.1, -0.05) is 401 Å². The fourth-order valence-electron chi connectivity index (χ4n) is 12.9. The van der Waals surface area contributed by atoms with Crippen LogP contribution < -0.4 is 0 Å². The van der Waals surface area contributed by atoms with Crippen molar-refractivity contribution in [3.8, 4) is 0 Å². The summed E-state index contributed by atoms with van der Waals surface area (Å²) in [6.07, 6.45) is 107. The Morgan fingerprint density at radius 1 is 0.313 bits per heavy atom. The maximum Gasteiger partial charge on any atom is 0.361 e. The van der Waals surface area contributed by atoms with Crippen LogP contribution in [0.4, 0.5) is 0 Å². The molecule has 0 aromatic carbocycles. The van der Waals surface area contributed by atoms with Crippen molar-refractivity contribution >= 4 is 17.9 Å². The van der Waals surface area contributed by atoms with E-state index in [0.29, 0.717) is 17.4 Å². The number of allylic oxidation sites excluding steroid dienone is 12. The van der Waals surface area contributed by atoms with Crippen LogP contribution in [0.25, 0.3) is 0 Å². The van der Waals surface area contributed by atoms with E-state index in [2.05, 4.69) is 86.8 Å². The summed E-state index contributed by atoms with van der Waals surface area (Å²) in [6.45, 7) is 4.83. The van der Waals surface area contributed by atoms with Gasteiger partial charge in [-0.3, -0.25) is 9.59 Å². The fraction of sp³-hybridized carbons (Fsp3) is 0.833. The number of carbonyl (C=O) groups is 3. The highest BCUT2D eigenvalue weighted by atomic mass is 16.7. The van der Waals surface area contributed by atoms with E-state index in [1.54, 1.807) is 0 Å². The smallest absolute Gasteiger partial charge is 0.361 e. The predicted molar refractivity (Wildman–Crippen MR) is 429 cm³/mol. The molecule has 2 unspecified atom stereocenters. The minimum Gasteiger partial charge on any atom is -0.477 e. The number of nitrogens with zero attached hydrogens (tertiary/aromatic N) is 1. The Morgan fingerprint density at radius 3 is 0.859 bits per heavy atom. The summed E-state index contributed by atoms with van der Waals surface area (Å²) in [4.78, 5) is 37.8. The molecule has 0 heterocycles. The summed E-state index contributed by atoms with van der Waals surface area (Å²) in [6, 6.07) is 0. The Morgan fingerprint density at radius 2 is 0.576 bits per heavy atom. The topological polar surface area (TPSA) is 108 Å². The van der Waals surface area contributed by atoms with Crippen LogP contribution >= 0.6 is 0 Å². The fourth-order valence-corrected chi connectivity index (χ4v) is 12.9. The first-order valence-corrected chi connectivity index (χ1v) is 43.1. The molecule has 0 aliphatic rings. The van der Waals surface area contributed by atoms with Crippen molar-refractivity contribution in [3.05, 3.63) is 72.9 Å². The van der Waals surface area contributed by atoms with Crippen molar-refractivity contribution in [3.63, 3.8) is 0 Å². The Bertz CT molecular complexity index is 1860. The number of rotatable bonds is 81. The highest BCUT2D eigenvalue weighted by Gasteiger charge is 2.25. The molecule has 0 rings (SSSR count). The van der Waals surface area contributed by atoms with Crippen LogP contribution in [0.15, 0.2) is 72.9 Å². The van der Waals surface area contributed by atoms with Crippen molar-refractivity contribution in [2.24, 2.45) is 0 Å². The first-order valence-electron chi connectivity index (χ1n) is 43.1. The molecule has 578 valence electrons. The van der Waals surface area contributed by atoms with E-state index < -0.39 is 18.4 Å². The number of ether oxygens (including phenoxy) is 4. The quantitative estimate of drug-likeness (QED) is 0.0211. The number of carbonyl (C=O) groups excluding carboxylic acids is 2. The third-order valence-corrected chi connectivity index (χ3v) is 19.4. The zero-order valence-corrected chi connectivity index (χ0v) is 66.4. The van der Waals surface area contributed by atoms with E-state index in [-0.39, 0.29) is 38.2 Å². The van der Waals surface area contributed by atoms with E-state index in [1.807, 2.05) is 21.1 Å². The molecule has 9 heteroatoms. The van der Waals surface area contributed by atoms with Gasteiger partial charge >= 0.3 is 17.9 Å². The lowest BCUT2D eigenvalue weighted by Gasteiger charge is -2.25. The van der Waals surface area contributed by atoms with Crippen LogP contribution in [-0.2, 0) is 33.3 Å². The molecule has 0 saturated carbocycles. The monoisotopic (exact) mass is 1390 g/mol. The summed E-state index contributed by atoms with van der Waals surface area (Å²) >= 11 is 0. The van der Waals surface area contributed by atoms with Crippen LogP contribution in [0.2, 0.25) is 0 Å². The number of hydrogen-bond donors (Lipinski definition) is 1. The summed E-state index contributed by atoms with van der Waals surface area (Å²) in [5, 5.41) is 9.79. The van der Waals surface area contributed by atoms with Crippen LogP contribution in [0, 0.1) is 0 Å². The Balaban J connectivity index is 3.92. The Labute approximate surface area is 615 Å². The standard InChI is InChI=1S/C90H165NO8/c1-6-8-10-12-14-16-18-20-22-24-26-28-30-32-34-36-38-40-42-44-46-48-50-52-54-56-58-60-62-64-66-68-70-72-74-76-78-80-87(92)97-84-86(85-98-90(89(94)95)96-83-82-91(3,4)5)99-88(93)81-79-77-75-73-71-69-67-65-63-61-59-57-55-53-51-49-47-45-43-41-39-37-35-33-31-29-27-25-23-21-19-17-15-13-11-9-7-2/h9,11,15,17-18,20-21,23-24,26-27,29,86,90H,6-8,10,12-14,16,19,22,25,28,30-85H2,1-5H3/p+1/b11-9-,17-15-,20-18-,23-21-,26-24-,29-27-. The lowest BCUT2D eigenvalue weighted by molar-refractivity contribution is -0.870. The second kappa shape index (κ2) is 80.4. The molecule has 0 saturated heterocycles. The SMILES string of the molecule is CC/C=C\C/C=C\C/C=C\C/C=C\CCCCCCCCCCCCCCCCCCCCCCCCCCC(=O)OC(COC(=O)CCCCCCCCCCCCCCCCCCCCCCCCCCC/C=C\C/C=C\CCCCCCC)COC(OCC[N+](C)(C)C)C(=O)O. The van der Waals surface area contributed by atoms with Gasteiger partial charge in [-0.2, -0.15) is 0 Å². The second-order valence-corrected chi connectivity index (χ2v) is 30.5. The molecule has 0 amide bonds. The van der Waals surface area contributed by atoms with Crippen molar-refractivity contribution in [1.29, 1.82) is 0 Å². The minimum absolute atomic E-state index is 0.176. The van der Waals surface area contributed by atoms with E-state index >= 15 is 0 Å². The number of esters is 2. The molecule has 2 atom stereocenters. The first-order chi connectivity index (χ1) is 48.6. The van der Waals surface area contributed by atoms with Crippen LogP contribution in [0.1, 0.15) is 425 Å². The first kappa shape index (κ1) is 95.7. The van der Waals surface area contributed by atoms with Gasteiger partial charge in [0.1, 0.15) is 13.2 Å². The van der Waals surface area contributed by atoms with Gasteiger partial charge in [0, 0.05) is 12.8 Å².